The Morgan fingerprint density at radius 3 is 2.64 bits per heavy atom. The zero-order chi connectivity index (χ0) is 16.4. The molecule has 6 nitrogen and oxygen atoms in total. The van der Waals surface area contributed by atoms with Crippen molar-refractivity contribution in [3.05, 3.63) is 11.9 Å². The lowest BCUT2D eigenvalue weighted by molar-refractivity contribution is -0.141. The number of hydrogen-bond acceptors (Lipinski definition) is 4. The standard InChI is InChI=1S/C16H28N4O2/c1-4-7-8-9-15-12-20(18-17-15)11-10-19(13-21)16(22)14(5-2)6-3/h12-14H,4-11H2,1-3H3. The van der Waals surface area contributed by atoms with Gasteiger partial charge in [0.15, 0.2) is 0 Å². The summed E-state index contributed by atoms with van der Waals surface area (Å²) in [6.07, 6.45) is 8.45. The van der Waals surface area contributed by atoms with Crippen molar-refractivity contribution >= 4 is 12.3 Å². The third-order valence-electron chi connectivity index (χ3n) is 3.94. The van der Waals surface area contributed by atoms with Gasteiger partial charge in [0, 0.05) is 18.7 Å². The summed E-state index contributed by atoms with van der Waals surface area (Å²) in [7, 11) is 0. The van der Waals surface area contributed by atoms with Gasteiger partial charge in [-0.1, -0.05) is 38.8 Å². The van der Waals surface area contributed by atoms with Crippen molar-refractivity contribution in [1.82, 2.24) is 19.9 Å². The van der Waals surface area contributed by atoms with Gasteiger partial charge in [0.25, 0.3) is 0 Å². The number of carbonyl (C=O) groups is 2. The zero-order valence-electron chi connectivity index (χ0n) is 14.0. The van der Waals surface area contributed by atoms with Crippen LogP contribution >= 0.6 is 0 Å². The number of amides is 2. The summed E-state index contributed by atoms with van der Waals surface area (Å²) in [6.45, 7) is 6.94. The average molecular weight is 308 g/mol. The van der Waals surface area contributed by atoms with Crippen LogP contribution in [-0.2, 0) is 22.6 Å². The van der Waals surface area contributed by atoms with Gasteiger partial charge < -0.3 is 0 Å². The molecule has 1 aromatic rings. The minimum absolute atomic E-state index is 0.0782. The van der Waals surface area contributed by atoms with Crippen LogP contribution in [0.3, 0.4) is 0 Å². The zero-order valence-corrected chi connectivity index (χ0v) is 14.0. The van der Waals surface area contributed by atoms with Gasteiger partial charge >= 0.3 is 0 Å². The second-order valence-corrected chi connectivity index (χ2v) is 5.58. The lowest BCUT2D eigenvalue weighted by Crippen LogP contribution is -2.37. The normalized spacial score (nSPS) is 10.9. The monoisotopic (exact) mass is 308 g/mol. The number of rotatable bonds is 11. The van der Waals surface area contributed by atoms with Crippen LogP contribution in [-0.4, -0.2) is 38.8 Å². The third-order valence-corrected chi connectivity index (χ3v) is 3.94. The lowest BCUT2D eigenvalue weighted by Gasteiger charge is -2.20. The molecule has 22 heavy (non-hydrogen) atoms. The Balaban J connectivity index is 2.49. The van der Waals surface area contributed by atoms with E-state index in [-0.39, 0.29) is 11.8 Å². The smallest absolute Gasteiger partial charge is 0.232 e. The van der Waals surface area contributed by atoms with E-state index in [0.717, 1.165) is 31.4 Å². The maximum Gasteiger partial charge on any atom is 0.232 e. The molecule has 0 aliphatic rings. The number of nitrogens with zero attached hydrogens (tertiary/aromatic N) is 4. The molecule has 6 heteroatoms. The number of imide groups is 1. The highest BCUT2D eigenvalue weighted by Gasteiger charge is 2.20. The Hall–Kier alpha value is -1.72. The molecule has 0 aliphatic heterocycles. The SMILES string of the molecule is CCCCCc1cn(CCN(C=O)C(=O)C(CC)CC)nn1. The van der Waals surface area contributed by atoms with Gasteiger partial charge in [0.1, 0.15) is 0 Å². The molecular formula is C16H28N4O2. The maximum absolute atomic E-state index is 12.2. The fourth-order valence-electron chi connectivity index (χ4n) is 2.42. The molecule has 1 aromatic heterocycles. The van der Waals surface area contributed by atoms with E-state index in [1.54, 1.807) is 4.68 Å². The second-order valence-electron chi connectivity index (χ2n) is 5.58. The van der Waals surface area contributed by atoms with Crippen LogP contribution in [0, 0.1) is 5.92 Å². The van der Waals surface area contributed by atoms with Gasteiger partial charge in [0.2, 0.25) is 12.3 Å². The van der Waals surface area contributed by atoms with Crippen LogP contribution < -0.4 is 0 Å². The molecule has 0 aromatic carbocycles. The van der Waals surface area contributed by atoms with Crippen LogP contribution in [0.25, 0.3) is 0 Å². The van der Waals surface area contributed by atoms with E-state index in [2.05, 4.69) is 17.2 Å². The number of aryl methyl sites for hydroxylation is 1. The van der Waals surface area contributed by atoms with Gasteiger partial charge in [0.05, 0.1) is 12.2 Å². The van der Waals surface area contributed by atoms with E-state index in [4.69, 9.17) is 0 Å². The van der Waals surface area contributed by atoms with Crippen molar-refractivity contribution in [3.8, 4) is 0 Å². The van der Waals surface area contributed by atoms with Gasteiger partial charge in [-0.25, -0.2) is 0 Å². The second kappa shape index (κ2) is 10.1. The van der Waals surface area contributed by atoms with Crippen molar-refractivity contribution in [3.63, 3.8) is 0 Å². The van der Waals surface area contributed by atoms with Crippen LogP contribution in [0.15, 0.2) is 6.20 Å². The van der Waals surface area contributed by atoms with Crippen LogP contribution in [0.5, 0.6) is 0 Å². The summed E-state index contributed by atoms with van der Waals surface area (Å²) in [6, 6.07) is 0. The third kappa shape index (κ3) is 5.58. The Morgan fingerprint density at radius 1 is 1.32 bits per heavy atom. The van der Waals surface area contributed by atoms with Crippen molar-refractivity contribution in [2.24, 2.45) is 5.92 Å². The molecule has 0 spiro atoms. The molecule has 1 rings (SSSR count). The molecule has 1 heterocycles. The molecule has 0 aliphatic carbocycles. The predicted octanol–water partition coefficient (Wildman–Crippen LogP) is 2.43. The number of aromatic nitrogens is 3. The van der Waals surface area contributed by atoms with Crippen molar-refractivity contribution in [1.29, 1.82) is 0 Å². The molecule has 0 unspecified atom stereocenters. The van der Waals surface area contributed by atoms with Crippen molar-refractivity contribution in [2.75, 3.05) is 6.54 Å². The summed E-state index contributed by atoms with van der Waals surface area (Å²) < 4.78 is 1.71. The van der Waals surface area contributed by atoms with E-state index in [0.29, 0.717) is 19.5 Å². The van der Waals surface area contributed by atoms with Crippen molar-refractivity contribution < 1.29 is 9.59 Å². The minimum Gasteiger partial charge on any atom is -0.283 e. The largest absolute Gasteiger partial charge is 0.283 e. The molecular weight excluding hydrogens is 280 g/mol. The highest BCUT2D eigenvalue weighted by atomic mass is 16.2. The summed E-state index contributed by atoms with van der Waals surface area (Å²) in [4.78, 5) is 24.6. The number of hydrogen-bond donors (Lipinski definition) is 0. The lowest BCUT2D eigenvalue weighted by atomic mass is 10.0. The molecule has 0 bridgehead atoms. The van der Waals surface area contributed by atoms with Gasteiger partial charge in [-0.2, -0.15) is 0 Å². The van der Waals surface area contributed by atoms with Gasteiger partial charge in [-0.15, -0.1) is 5.10 Å². The van der Waals surface area contributed by atoms with E-state index in [1.165, 1.54) is 17.7 Å². The first-order valence-corrected chi connectivity index (χ1v) is 8.30. The van der Waals surface area contributed by atoms with E-state index in [1.807, 2.05) is 20.0 Å². The van der Waals surface area contributed by atoms with Crippen LogP contribution in [0.2, 0.25) is 0 Å². The molecule has 0 saturated heterocycles. The summed E-state index contributed by atoms with van der Waals surface area (Å²) in [5, 5.41) is 8.18. The fourth-order valence-corrected chi connectivity index (χ4v) is 2.42. The summed E-state index contributed by atoms with van der Waals surface area (Å²) in [5.74, 6) is -0.172. The van der Waals surface area contributed by atoms with E-state index < -0.39 is 0 Å². The maximum atomic E-state index is 12.2. The summed E-state index contributed by atoms with van der Waals surface area (Å²) >= 11 is 0. The highest BCUT2D eigenvalue weighted by molar-refractivity contribution is 5.87. The topological polar surface area (TPSA) is 68.1 Å². The molecule has 0 radical (unpaired) electrons. The van der Waals surface area contributed by atoms with Crippen molar-refractivity contribution in [2.45, 2.75) is 65.8 Å². The Morgan fingerprint density at radius 2 is 2.05 bits per heavy atom. The first kappa shape index (κ1) is 18.3. The molecule has 0 saturated carbocycles. The Bertz CT molecular complexity index is 455. The molecule has 2 amide bonds. The quantitative estimate of drug-likeness (QED) is 0.465. The number of unbranched alkanes of at least 4 members (excludes halogenated alkanes) is 2. The van der Waals surface area contributed by atoms with Crippen LogP contribution in [0.4, 0.5) is 0 Å². The molecule has 0 fully saturated rings. The van der Waals surface area contributed by atoms with E-state index in [9.17, 15) is 9.59 Å². The molecule has 0 N–H and O–H groups in total. The summed E-state index contributed by atoms with van der Waals surface area (Å²) in [5.41, 5.74) is 0.970. The minimum atomic E-state index is -0.0942. The molecule has 124 valence electrons. The highest BCUT2D eigenvalue weighted by Crippen LogP contribution is 2.11. The Labute approximate surface area is 132 Å². The first-order valence-electron chi connectivity index (χ1n) is 8.30. The predicted molar refractivity (Wildman–Crippen MR) is 85.1 cm³/mol. The van der Waals surface area contributed by atoms with E-state index >= 15 is 0 Å². The Kier molecular flexibility index (Phi) is 8.40. The van der Waals surface area contributed by atoms with Crippen LogP contribution in [0.1, 0.15) is 58.6 Å². The number of carbonyl (C=O) groups excluding carboxylic acids is 2. The van der Waals surface area contributed by atoms with Gasteiger partial charge in [-0.3, -0.25) is 19.2 Å². The fraction of sp³-hybridized carbons (Fsp3) is 0.750. The van der Waals surface area contributed by atoms with Gasteiger partial charge in [-0.05, 0) is 25.7 Å². The molecule has 0 atom stereocenters. The average Bonchev–Trinajstić information content (AvgIpc) is 2.97. The first-order chi connectivity index (χ1) is 10.7.